The lowest BCUT2D eigenvalue weighted by Crippen LogP contribution is -2.01. The minimum absolute atomic E-state index is 0.679. The molecule has 0 saturated heterocycles. The highest BCUT2D eigenvalue weighted by atomic mass is 16.5. The molecule has 3 nitrogen and oxygen atoms in total. The number of benzene rings is 2. The molecule has 1 aromatic heterocycles. The van der Waals surface area contributed by atoms with Gasteiger partial charge in [-0.15, -0.1) is 0 Å². The fraction of sp³-hybridized carbons (Fsp3) is 0.350. The fourth-order valence-electron chi connectivity index (χ4n) is 3.20. The first kappa shape index (κ1) is 15.6. The van der Waals surface area contributed by atoms with Crippen LogP contribution in [-0.4, -0.2) is 16.8 Å². The first-order valence-electron chi connectivity index (χ1n) is 8.46. The summed E-state index contributed by atoms with van der Waals surface area (Å²) in [5.74, 6) is 0.983. The van der Waals surface area contributed by atoms with Crippen molar-refractivity contribution in [3.63, 3.8) is 0 Å². The molecule has 0 fully saturated rings. The molecule has 120 valence electrons. The molecule has 0 bridgehead atoms. The van der Waals surface area contributed by atoms with Crippen molar-refractivity contribution in [3.05, 3.63) is 58.9 Å². The van der Waals surface area contributed by atoms with Crippen LogP contribution in [0.2, 0.25) is 0 Å². The highest BCUT2D eigenvalue weighted by Gasteiger charge is 2.16. The Morgan fingerprint density at radius 1 is 0.957 bits per heavy atom. The maximum Gasteiger partial charge on any atom is 0.123 e. The van der Waals surface area contributed by atoms with Gasteiger partial charge >= 0.3 is 0 Å². The van der Waals surface area contributed by atoms with Crippen LogP contribution in [0, 0.1) is 0 Å². The average Bonchev–Trinajstić information content (AvgIpc) is 2.99. The van der Waals surface area contributed by atoms with Gasteiger partial charge in [-0.2, -0.15) is 5.10 Å². The molecule has 0 saturated carbocycles. The number of rotatable bonds is 6. The molecule has 0 radical (unpaired) electrons. The second kappa shape index (κ2) is 6.86. The number of aryl methyl sites for hydroxylation is 2. The van der Waals surface area contributed by atoms with Crippen LogP contribution in [0.5, 0.6) is 5.75 Å². The van der Waals surface area contributed by atoms with E-state index in [1.54, 1.807) is 0 Å². The highest BCUT2D eigenvalue weighted by molar-refractivity contribution is 5.88. The molecule has 3 rings (SSSR count). The maximum atomic E-state index is 5.91. The zero-order valence-corrected chi connectivity index (χ0v) is 14.1. The van der Waals surface area contributed by atoms with E-state index in [0.29, 0.717) is 6.61 Å². The SMILES string of the molecule is CCOc1ccc2ccccc2c1Cc1c(CC)n[nH]c1CC. The normalized spacial score (nSPS) is 11.1. The van der Waals surface area contributed by atoms with Crippen LogP contribution in [0.25, 0.3) is 10.8 Å². The summed E-state index contributed by atoms with van der Waals surface area (Å²) in [7, 11) is 0. The lowest BCUT2D eigenvalue weighted by atomic mass is 9.95. The smallest absolute Gasteiger partial charge is 0.123 e. The van der Waals surface area contributed by atoms with Gasteiger partial charge in [-0.25, -0.2) is 0 Å². The minimum Gasteiger partial charge on any atom is -0.494 e. The van der Waals surface area contributed by atoms with Crippen LogP contribution in [0.3, 0.4) is 0 Å². The second-order valence-electron chi connectivity index (χ2n) is 5.71. The molecule has 1 N–H and O–H groups in total. The maximum absolute atomic E-state index is 5.91. The summed E-state index contributed by atoms with van der Waals surface area (Å²) in [6.07, 6.45) is 2.77. The van der Waals surface area contributed by atoms with Crippen molar-refractivity contribution in [1.29, 1.82) is 0 Å². The molecule has 0 atom stereocenters. The number of aromatic nitrogens is 2. The fourth-order valence-corrected chi connectivity index (χ4v) is 3.20. The van der Waals surface area contributed by atoms with Crippen molar-refractivity contribution in [2.24, 2.45) is 0 Å². The van der Waals surface area contributed by atoms with E-state index in [9.17, 15) is 0 Å². The number of H-pyrrole nitrogens is 1. The molecule has 0 unspecified atom stereocenters. The van der Waals surface area contributed by atoms with E-state index in [-0.39, 0.29) is 0 Å². The molecule has 0 aliphatic carbocycles. The van der Waals surface area contributed by atoms with Crippen molar-refractivity contribution in [3.8, 4) is 5.75 Å². The van der Waals surface area contributed by atoms with Crippen LogP contribution >= 0.6 is 0 Å². The summed E-state index contributed by atoms with van der Waals surface area (Å²) in [6.45, 7) is 7.04. The third kappa shape index (κ3) is 2.96. The zero-order chi connectivity index (χ0) is 16.2. The van der Waals surface area contributed by atoms with Crippen LogP contribution < -0.4 is 4.74 Å². The van der Waals surface area contributed by atoms with Gasteiger partial charge in [-0.05, 0) is 36.6 Å². The third-order valence-corrected chi connectivity index (χ3v) is 4.38. The summed E-state index contributed by atoms with van der Waals surface area (Å²) in [4.78, 5) is 0. The molecule has 0 spiro atoms. The summed E-state index contributed by atoms with van der Waals surface area (Å²) in [6, 6.07) is 12.8. The number of ether oxygens (including phenoxy) is 1. The Labute approximate surface area is 137 Å². The highest BCUT2D eigenvalue weighted by Crippen LogP contribution is 2.31. The molecule has 2 aromatic carbocycles. The van der Waals surface area contributed by atoms with Gasteiger partial charge in [-0.1, -0.05) is 44.2 Å². The molecule has 0 amide bonds. The number of hydrogen-bond acceptors (Lipinski definition) is 2. The zero-order valence-electron chi connectivity index (χ0n) is 14.1. The first-order chi connectivity index (χ1) is 11.3. The summed E-state index contributed by atoms with van der Waals surface area (Å²) in [5.41, 5.74) is 4.98. The molecule has 3 heteroatoms. The Morgan fingerprint density at radius 3 is 2.52 bits per heavy atom. The van der Waals surface area contributed by atoms with Crippen molar-refractivity contribution in [2.45, 2.75) is 40.0 Å². The predicted octanol–water partition coefficient (Wildman–Crippen LogP) is 4.68. The summed E-state index contributed by atoms with van der Waals surface area (Å²) < 4.78 is 5.91. The van der Waals surface area contributed by atoms with Gasteiger partial charge in [0.25, 0.3) is 0 Å². The van der Waals surface area contributed by atoms with Gasteiger partial charge in [0.1, 0.15) is 5.75 Å². The number of nitrogens with one attached hydrogen (secondary N) is 1. The van der Waals surface area contributed by atoms with Crippen molar-refractivity contribution in [1.82, 2.24) is 10.2 Å². The molecule has 0 aliphatic heterocycles. The molecular formula is C20H24N2O. The quantitative estimate of drug-likeness (QED) is 0.718. The lowest BCUT2D eigenvalue weighted by molar-refractivity contribution is 0.337. The van der Waals surface area contributed by atoms with Gasteiger partial charge in [0.05, 0.1) is 12.3 Å². The van der Waals surface area contributed by atoms with E-state index in [0.717, 1.165) is 30.7 Å². The number of nitrogens with zero attached hydrogens (tertiary/aromatic N) is 1. The Hall–Kier alpha value is -2.29. The van der Waals surface area contributed by atoms with Gasteiger partial charge in [0.2, 0.25) is 0 Å². The van der Waals surface area contributed by atoms with Gasteiger partial charge < -0.3 is 4.74 Å². The molecule has 3 aromatic rings. The van der Waals surface area contributed by atoms with Gasteiger partial charge in [-0.3, -0.25) is 5.10 Å². The standard InChI is InChI=1S/C20H24N2O/c1-4-18-17(19(5-2)22-21-18)13-16-15-10-8-7-9-14(15)11-12-20(16)23-6-3/h7-12H,4-6,13H2,1-3H3,(H,21,22). The van der Waals surface area contributed by atoms with E-state index in [2.05, 4.69) is 60.4 Å². The van der Waals surface area contributed by atoms with Gasteiger partial charge in [0, 0.05) is 23.2 Å². The lowest BCUT2D eigenvalue weighted by Gasteiger charge is -2.14. The van der Waals surface area contributed by atoms with E-state index in [4.69, 9.17) is 4.74 Å². The van der Waals surface area contributed by atoms with E-state index < -0.39 is 0 Å². The van der Waals surface area contributed by atoms with E-state index in [1.807, 2.05) is 6.92 Å². The minimum atomic E-state index is 0.679. The number of fused-ring (bicyclic) bond motifs is 1. The third-order valence-electron chi connectivity index (χ3n) is 4.38. The van der Waals surface area contributed by atoms with Gasteiger partial charge in [0.15, 0.2) is 0 Å². The Balaban J connectivity index is 2.15. The Kier molecular flexibility index (Phi) is 4.65. The number of aromatic amines is 1. The van der Waals surface area contributed by atoms with E-state index >= 15 is 0 Å². The van der Waals surface area contributed by atoms with Crippen LogP contribution in [0.15, 0.2) is 36.4 Å². The molecule has 23 heavy (non-hydrogen) atoms. The topological polar surface area (TPSA) is 37.9 Å². The monoisotopic (exact) mass is 308 g/mol. The van der Waals surface area contributed by atoms with Crippen LogP contribution in [0.1, 0.15) is 43.3 Å². The van der Waals surface area contributed by atoms with Crippen LogP contribution in [-0.2, 0) is 19.3 Å². The number of hydrogen-bond donors (Lipinski definition) is 1. The Bertz CT molecular complexity index is 783. The average molecular weight is 308 g/mol. The van der Waals surface area contributed by atoms with Crippen molar-refractivity contribution < 1.29 is 4.74 Å². The molecular weight excluding hydrogens is 284 g/mol. The summed E-state index contributed by atoms with van der Waals surface area (Å²) >= 11 is 0. The summed E-state index contributed by atoms with van der Waals surface area (Å²) in [5, 5.41) is 10.2. The van der Waals surface area contributed by atoms with Crippen molar-refractivity contribution in [2.75, 3.05) is 6.61 Å². The van der Waals surface area contributed by atoms with Crippen LogP contribution in [0.4, 0.5) is 0 Å². The van der Waals surface area contributed by atoms with E-state index in [1.165, 1.54) is 27.6 Å². The largest absolute Gasteiger partial charge is 0.494 e. The first-order valence-corrected chi connectivity index (χ1v) is 8.46. The molecule has 0 aliphatic rings. The second-order valence-corrected chi connectivity index (χ2v) is 5.71. The molecule has 1 heterocycles. The Morgan fingerprint density at radius 2 is 1.78 bits per heavy atom. The predicted molar refractivity (Wildman–Crippen MR) is 95.3 cm³/mol. The van der Waals surface area contributed by atoms with Crippen molar-refractivity contribution >= 4 is 10.8 Å².